The van der Waals surface area contributed by atoms with E-state index in [4.69, 9.17) is 4.74 Å². The van der Waals surface area contributed by atoms with E-state index in [0.717, 1.165) is 11.1 Å². The standard InChI is InChI=1S/C20H19N3O2/c1-14-8-7-11-16(12-14)25-20(24)17-13-21-18(22-19(17)23(2)3)15-9-5-4-6-10-15/h4-13H,1-3H3. The number of carbonyl (C=O) groups excluding carboxylic acids is 1. The van der Waals surface area contributed by atoms with Crippen molar-refractivity contribution < 1.29 is 9.53 Å². The van der Waals surface area contributed by atoms with Crippen molar-refractivity contribution >= 4 is 11.8 Å². The van der Waals surface area contributed by atoms with Crippen molar-refractivity contribution in [2.45, 2.75) is 6.92 Å². The minimum Gasteiger partial charge on any atom is -0.423 e. The molecule has 0 fully saturated rings. The number of hydrogen-bond donors (Lipinski definition) is 0. The first kappa shape index (κ1) is 16.6. The van der Waals surface area contributed by atoms with E-state index in [-0.39, 0.29) is 0 Å². The minimum atomic E-state index is -0.478. The smallest absolute Gasteiger partial charge is 0.348 e. The zero-order valence-electron chi connectivity index (χ0n) is 14.4. The number of ether oxygens (including phenoxy) is 1. The Morgan fingerprint density at radius 1 is 1.04 bits per heavy atom. The molecule has 0 bridgehead atoms. The van der Waals surface area contributed by atoms with Crippen LogP contribution >= 0.6 is 0 Å². The first-order chi connectivity index (χ1) is 12.0. The van der Waals surface area contributed by atoms with Gasteiger partial charge in [0.2, 0.25) is 0 Å². The van der Waals surface area contributed by atoms with Crippen molar-refractivity contribution in [1.82, 2.24) is 9.97 Å². The largest absolute Gasteiger partial charge is 0.423 e. The Hall–Kier alpha value is -3.21. The highest BCUT2D eigenvalue weighted by molar-refractivity contribution is 5.96. The molecule has 0 saturated heterocycles. The molecule has 25 heavy (non-hydrogen) atoms. The van der Waals surface area contributed by atoms with Crippen molar-refractivity contribution in [3.63, 3.8) is 0 Å². The molecule has 0 atom stereocenters. The van der Waals surface area contributed by atoms with Gasteiger partial charge in [-0.05, 0) is 24.6 Å². The van der Waals surface area contributed by atoms with E-state index in [9.17, 15) is 4.79 Å². The fraction of sp³-hybridized carbons (Fsp3) is 0.150. The molecule has 0 aliphatic heterocycles. The number of rotatable bonds is 4. The van der Waals surface area contributed by atoms with Gasteiger partial charge in [0.05, 0.1) is 0 Å². The van der Waals surface area contributed by atoms with Crippen LogP contribution < -0.4 is 9.64 Å². The summed E-state index contributed by atoms with van der Waals surface area (Å²) in [6, 6.07) is 17.0. The van der Waals surface area contributed by atoms with Gasteiger partial charge in [-0.25, -0.2) is 14.8 Å². The van der Waals surface area contributed by atoms with Crippen molar-refractivity contribution in [2.75, 3.05) is 19.0 Å². The molecule has 3 rings (SSSR count). The van der Waals surface area contributed by atoms with Crippen LogP contribution in [0.15, 0.2) is 60.8 Å². The molecule has 1 heterocycles. The second-order valence-electron chi connectivity index (χ2n) is 5.90. The van der Waals surface area contributed by atoms with Crippen molar-refractivity contribution in [3.8, 4) is 17.1 Å². The molecule has 2 aromatic carbocycles. The molecular weight excluding hydrogens is 314 g/mol. The van der Waals surface area contributed by atoms with E-state index in [1.54, 1.807) is 11.0 Å². The molecular formula is C20H19N3O2. The van der Waals surface area contributed by atoms with Gasteiger partial charge in [-0.1, -0.05) is 42.5 Å². The van der Waals surface area contributed by atoms with E-state index >= 15 is 0 Å². The van der Waals surface area contributed by atoms with Gasteiger partial charge in [-0.3, -0.25) is 0 Å². The summed E-state index contributed by atoms with van der Waals surface area (Å²) in [6.45, 7) is 1.94. The lowest BCUT2D eigenvalue weighted by molar-refractivity contribution is 0.0734. The third-order valence-corrected chi connectivity index (χ3v) is 3.64. The second-order valence-corrected chi connectivity index (χ2v) is 5.90. The first-order valence-electron chi connectivity index (χ1n) is 7.93. The van der Waals surface area contributed by atoms with Crippen LogP contribution in [0.25, 0.3) is 11.4 Å². The molecule has 126 valence electrons. The molecule has 0 N–H and O–H groups in total. The predicted octanol–water partition coefficient (Wildman–Crippen LogP) is 3.74. The molecule has 0 aliphatic rings. The number of benzene rings is 2. The summed E-state index contributed by atoms with van der Waals surface area (Å²) in [5.41, 5.74) is 2.24. The quantitative estimate of drug-likeness (QED) is 0.538. The number of aryl methyl sites for hydroxylation is 1. The maximum atomic E-state index is 12.6. The van der Waals surface area contributed by atoms with Crippen LogP contribution in [-0.4, -0.2) is 30.0 Å². The predicted molar refractivity (Wildman–Crippen MR) is 97.9 cm³/mol. The van der Waals surface area contributed by atoms with Crippen molar-refractivity contribution in [2.24, 2.45) is 0 Å². The third kappa shape index (κ3) is 3.83. The second kappa shape index (κ2) is 7.13. The normalized spacial score (nSPS) is 10.4. The van der Waals surface area contributed by atoms with Gasteiger partial charge < -0.3 is 9.64 Å². The van der Waals surface area contributed by atoms with Gasteiger partial charge in [-0.2, -0.15) is 0 Å². The summed E-state index contributed by atoms with van der Waals surface area (Å²) < 4.78 is 5.47. The number of carbonyl (C=O) groups is 1. The first-order valence-corrected chi connectivity index (χ1v) is 7.93. The summed E-state index contributed by atoms with van der Waals surface area (Å²) in [5, 5.41) is 0. The average molecular weight is 333 g/mol. The summed E-state index contributed by atoms with van der Waals surface area (Å²) in [6.07, 6.45) is 1.52. The molecule has 0 amide bonds. The van der Waals surface area contributed by atoms with E-state index in [1.807, 2.05) is 69.6 Å². The van der Waals surface area contributed by atoms with Gasteiger partial charge in [0.25, 0.3) is 0 Å². The monoisotopic (exact) mass is 333 g/mol. The molecule has 0 radical (unpaired) electrons. The Bertz CT molecular complexity index is 892. The summed E-state index contributed by atoms with van der Waals surface area (Å²) >= 11 is 0. The fourth-order valence-corrected chi connectivity index (χ4v) is 2.42. The van der Waals surface area contributed by atoms with Crippen LogP contribution in [0.1, 0.15) is 15.9 Å². The Labute approximate surface area is 146 Å². The highest BCUT2D eigenvalue weighted by Gasteiger charge is 2.19. The number of hydrogen-bond acceptors (Lipinski definition) is 5. The molecule has 0 aliphatic carbocycles. The van der Waals surface area contributed by atoms with Crippen molar-refractivity contribution in [1.29, 1.82) is 0 Å². The lowest BCUT2D eigenvalue weighted by Gasteiger charge is -2.16. The van der Waals surface area contributed by atoms with Gasteiger partial charge in [0.15, 0.2) is 5.82 Å². The summed E-state index contributed by atoms with van der Waals surface area (Å²) in [4.78, 5) is 23.2. The lowest BCUT2D eigenvalue weighted by atomic mass is 10.2. The van der Waals surface area contributed by atoms with E-state index in [0.29, 0.717) is 23.0 Å². The zero-order chi connectivity index (χ0) is 17.8. The summed E-state index contributed by atoms with van der Waals surface area (Å²) in [7, 11) is 3.67. The topological polar surface area (TPSA) is 55.3 Å². The number of anilines is 1. The van der Waals surface area contributed by atoms with Crippen LogP contribution in [0.4, 0.5) is 5.82 Å². The Kier molecular flexibility index (Phi) is 4.75. The van der Waals surface area contributed by atoms with E-state index in [2.05, 4.69) is 9.97 Å². The Morgan fingerprint density at radius 2 is 1.80 bits per heavy atom. The molecule has 3 aromatic rings. The van der Waals surface area contributed by atoms with Gasteiger partial charge >= 0.3 is 5.97 Å². The van der Waals surface area contributed by atoms with Crippen LogP contribution in [-0.2, 0) is 0 Å². The maximum absolute atomic E-state index is 12.6. The average Bonchev–Trinajstić information content (AvgIpc) is 2.62. The van der Waals surface area contributed by atoms with Crippen LogP contribution in [0.5, 0.6) is 5.75 Å². The lowest BCUT2D eigenvalue weighted by Crippen LogP contribution is -2.19. The number of aromatic nitrogens is 2. The molecule has 1 aromatic heterocycles. The zero-order valence-corrected chi connectivity index (χ0v) is 14.4. The van der Waals surface area contributed by atoms with Gasteiger partial charge in [-0.15, -0.1) is 0 Å². The molecule has 5 nitrogen and oxygen atoms in total. The minimum absolute atomic E-state index is 0.325. The maximum Gasteiger partial charge on any atom is 0.348 e. The number of esters is 1. The molecule has 0 unspecified atom stereocenters. The molecule has 5 heteroatoms. The highest BCUT2D eigenvalue weighted by Crippen LogP contribution is 2.23. The van der Waals surface area contributed by atoms with E-state index < -0.39 is 5.97 Å². The van der Waals surface area contributed by atoms with Gasteiger partial charge in [0, 0.05) is 25.9 Å². The summed E-state index contributed by atoms with van der Waals surface area (Å²) in [5.74, 6) is 1.11. The number of nitrogens with zero attached hydrogens (tertiary/aromatic N) is 3. The SMILES string of the molecule is Cc1cccc(OC(=O)c2cnc(-c3ccccc3)nc2N(C)C)c1. The van der Waals surface area contributed by atoms with Crippen molar-refractivity contribution in [3.05, 3.63) is 71.9 Å². The van der Waals surface area contributed by atoms with Crippen LogP contribution in [0.2, 0.25) is 0 Å². The van der Waals surface area contributed by atoms with Crippen LogP contribution in [0, 0.1) is 6.92 Å². The Morgan fingerprint density at radius 3 is 2.48 bits per heavy atom. The van der Waals surface area contributed by atoms with Gasteiger partial charge in [0.1, 0.15) is 17.1 Å². The third-order valence-electron chi connectivity index (χ3n) is 3.64. The molecule has 0 saturated carbocycles. The Balaban J connectivity index is 1.94. The highest BCUT2D eigenvalue weighted by atomic mass is 16.5. The van der Waals surface area contributed by atoms with E-state index in [1.165, 1.54) is 6.20 Å². The fourth-order valence-electron chi connectivity index (χ4n) is 2.42. The molecule has 0 spiro atoms. The van der Waals surface area contributed by atoms with Crippen LogP contribution in [0.3, 0.4) is 0 Å².